The zero-order chi connectivity index (χ0) is 25.7. The van der Waals surface area contributed by atoms with Gasteiger partial charge in [0.1, 0.15) is 29.2 Å². The van der Waals surface area contributed by atoms with Gasteiger partial charge < -0.3 is 20.1 Å². The molecule has 0 spiro atoms. The summed E-state index contributed by atoms with van der Waals surface area (Å²) in [7, 11) is 1.81. The fourth-order valence-corrected chi connectivity index (χ4v) is 4.22. The molecule has 0 atom stereocenters. The molecule has 0 aliphatic carbocycles. The number of rotatable bonds is 11. The first-order valence-corrected chi connectivity index (χ1v) is 12.6. The Hall–Kier alpha value is -4.35. The lowest BCUT2D eigenvalue weighted by Gasteiger charge is -2.26. The topological polar surface area (TPSA) is 116 Å². The van der Waals surface area contributed by atoms with Gasteiger partial charge in [-0.1, -0.05) is 24.3 Å². The quantitative estimate of drug-likeness (QED) is 0.258. The SMILES string of the molecule is Cn1ncc(-c2ccc(CNc3cc(-c4cnc5cc(OCCCNC6COC6)ccn45)ncn3)cc2)n1. The zero-order valence-corrected chi connectivity index (χ0v) is 21.1. The van der Waals surface area contributed by atoms with Crippen molar-refractivity contribution in [3.05, 3.63) is 72.9 Å². The predicted octanol–water partition coefficient (Wildman–Crippen LogP) is 2.96. The van der Waals surface area contributed by atoms with E-state index in [1.165, 1.54) is 0 Å². The second kappa shape index (κ2) is 11.0. The molecule has 1 saturated heterocycles. The standard InChI is InChI=1S/C27H29N9O2/c1-35-33-14-24(34-35)20-5-3-19(4-6-20)13-29-26-12-23(31-18-32-26)25-15-30-27-11-22(7-9-36(25)27)38-10-2-8-28-21-16-37-17-21/h3-7,9,11-12,14-15,18,21,28H,2,8,10,13,16-17H2,1H3,(H,29,31,32). The molecule has 1 fully saturated rings. The van der Waals surface area contributed by atoms with Crippen molar-refractivity contribution >= 4 is 11.5 Å². The van der Waals surface area contributed by atoms with E-state index in [9.17, 15) is 0 Å². The largest absolute Gasteiger partial charge is 0.493 e. The molecule has 1 aromatic carbocycles. The Balaban J connectivity index is 1.06. The van der Waals surface area contributed by atoms with Crippen molar-refractivity contribution in [2.45, 2.75) is 19.0 Å². The fourth-order valence-electron chi connectivity index (χ4n) is 4.22. The highest BCUT2D eigenvalue weighted by Crippen LogP contribution is 2.23. The molecule has 0 amide bonds. The third-order valence-electron chi connectivity index (χ3n) is 6.40. The second-order valence-electron chi connectivity index (χ2n) is 9.18. The van der Waals surface area contributed by atoms with E-state index in [4.69, 9.17) is 9.47 Å². The number of fused-ring (bicyclic) bond motifs is 1. The Labute approximate surface area is 219 Å². The van der Waals surface area contributed by atoms with Crippen LogP contribution in [0.2, 0.25) is 0 Å². The van der Waals surface area contributed by atoms with Crippen LogP contribution in [-0.2, 0) is 18.3 Å². The first-order chi connectivity index (χ1) is 18.7. The summed E-state index contributed by atoms with van der Waals surface area (Å²) in [5.41, 5.74) is 5.49. The molecule has 38 heavy (non-hydrogen) atoms. The number of nitrogens with zero attached hydrogens (tertiary/aromatic N) is 7. The lowest BCUT2D eigenvalue weighted by molar-refractivity contribution is -0.00522. The van der Waals surface area contributed by atoms with E-state index < -0.39 is 0 Å². The highest BCUT2D eigenvalue weighted by atomic mass is 16.5. The number of anilines is 1. The fraction of sp³-hybridized carbons (Fsp3) is 0.296. The highest BCUT2D eigenvalue weighted by Gasteiger charge is 2.16. The van der Waals surface area contributed by atoms with Crippen LogP contribution in [0.4, 0.5) is 5.82 Å². The van der Waals surface area contributed by atoms with Crippen LogP contribution in [0.15, 0.2) is 67.4 Å². The Kier molecular flexibility index (Phi) is 6.92. The van der Waals surface area contributed by atoms with E-state index in [-0.39, 0.29) is 0 Å². The molecule has 11 nitrogen and oxygen atoms in total. The van der Waals surface area contributed by atoms with Crippen LogP contribution in [0.5, 0.6) is 5.75 Å². The number of hydrogen-bond acceptors (Lipinski definition) is 9. The van der Waals surface area contributed by atoms with Gasteiger partial charge in [-0.2, -0.15) is 15.0 Å². The molecule has 0 bridgehead atoms. The highest BCUT2D eigenvalue weighted by molar-refractivity contribution is 5.63. The monoisotopic (exact) mass is 511 g/mol. The number of benzene rings is 1. The third-order valence-corrected chi connectivity index (χ3v) is 6.40. The minimum atomic E-state index is 0.495. The van der Waals surface area contributed by atoms with Crippen molar-refractivity contribution in [2.75, 3.05) is 31.7 Å². The average Bonchev–Trinajstić information content (AvgIpc) is 3.55. The molecule has 194 valence electrons. The van der Waals surface area contributed by atoms with Crippen molar-refractivity contribution in [3.63, 3.8) is 0 Å². The molecule has 4 aromatic heterocycles. The number of aromatic nitrogens is 7. The molecular formula is C27H29N9O2. The summed E-state index contributed by atoms with van der Waals surface area (Å²) in [6.45, 7) is 3.82. The number of hydrogen-bond donors (Lipinski definition) is 2. The maximum Gasteiger partial charge on any atom is 0.140 e. The summed E-state index contributed by atoms with van der Waals surface area (Å²) in [6.07, 6.45) is 8.04. The van der Waals surface area contributed by atoms with Gasteiger partial charge in [0.05, 0.1) is 49.6 Å². The number of nitrogens with one attached hydrogen (secondary N) is 2. The lowest BCUT2D eigenvalue weighted by atomic mass is 10.1. The second-order valence-corrected chi connectivity index (χ2v) is 9.18. The van der Waals surface area contributed by atoms with Crippen molar-refractivity contribution in [1.29, 1.82) is 0 Å². The van der Waals surface area contributed by atoms with Gasteiger partial charge in [-0.3, -0.25) is 4.40 Å². The van der Waals surface area contributed by atoms with Gasteiger partial charge in [0.2, 0.25) is 0 Å². The van der Waals surface area contributed by atoms with Crippen LogP contribution in [0.3, 0.4) is 0 Å². The Morgan fingerprint density at radius 3 is 2.71 bits per heavy atom. The molecule has 1 aliphatic rings. The van der Waals surface area contributed by atoms with E-state index in [0.29, 0.717) is 19.2 Å². The van der Waals surface area contributed by atoms with Crippen LogP contribution in [0.25, 0.3) is 28.3 Å². The van der Waals surface area contributed by atoms with Gasteiger partial charge in [-0.25, -0.2) is 15.0 Å². The van der Waals surface area contributed by atoms with Gasteiger partial charge in [0, 0.05) is 37.5 Å². The molecule has 5 aromatic rings. The number of imidazole rings is 1. The molecular weight excluding hydrogens is 482 g/mol. The molecule has 1 aliphatic heterocycles. The Morgan fingerprint density at radius 1 is 1.03 bits per heavy atom. The minimum absolute atomic E-state index is 0.495. The maximum absolute atomic E-state index is 5.92. The normalized spacial score (nSPS) is 13.5. The lowest BCUT2D eigenvalue weighted by Crippen LogP contribution is -2.46. The predicted molar refractivity (Wildman–Crippen MR) is 143 cm³/mol. The van der Waals surface area contributed by atoms with Gasteiger partial charge in [0.15, 0.2) is 0 Å². The summed E-state index contributed by atoms with van der Waals surface area (Å²) in [6, 6.07) is 14.6. The first kappa shape index (κ1) is 24.0. The third kappa shape index (κ3) is 5.48. The van der Waals surface area contributed by atoms with Crippen molar-refractivity contribution in [3.8, 4) is 28.4 Å². The average molecular weight is 512 g/mol. The molecule has 2 N–H and O–H groups in total. The summed E-state index contributed by atoms with van der Waals surface area (Å²) in [4.78, 5) is 15.0. The van der Waals surface area contributed by atoms with Crippen LogP contribution >= 0.6 is 0 Å². The summed E-state index contributed by atoms with van der Waals surface area (Å²) in [5, 5.41) is 15.3. The molecule has 11 heteroatoms. The number of ether oxygens (including phenoxy) is 2. The van der Waals surface area contributed by atoms with Gasteiger partial charge >= 0.3 is 0 Å². The summed E-state index contributed by atoms with van der Waals surface area (Å²) in [5.74, 6) is 1.54. The molecule has 6 rings (SSSR count). The van der Waals surface area contributed by atoms with Gasteiger partial charge in [-0.15, -0.1) is 0 Å². The van der Waals surface area contributed by atoms with E-state index >= 15 is 0 Å². The van der Waals surface area contributed by atoms with Crippen LogP contribution < -0.4 is 15.4 Å². The van der Waals surface area contributed by atoms with Crippen LogP contribution in [-0.4, -0.2) is 66.8 Å². The Morgan fingerprint density at radius 2 is 1.92 bits per heavy atom. The van der Waals surface area contributed by atoms with Crippen LogP contribution in [0.1, 0.15) is 12.0 Å². The molecule has 5 heterocycles. The van der Waals surface area contributed by atoms with Crippen molar-refractivity contribution < 1.29 is 9.47 Å². The summed E-state index contributed by atoms with van der Waals surface area (Å²) >= 11 is 0. The number of pyridine rings is 1. The van der Waals surface area contributed by atoms with E-state index in [2.05, 4.69) is 47.9 Å². The molecule has 0 saturated carbocycles. The number of aryl methyl sites for hydroxylation is 1. The maximum atomic E-state index is 5.92. The molecule has 0 radical (unpaired) electrons. The molecule has 0 unspecified atom stereocenters. The van der Waals surface area contributed by atoms with Gasteiger partial charge in [0.25, 0.3) is 0 Å². The van der Waals surface area contributed by atoms with Crippen molar-refractivity contribution in [2.24, 2.45) is 7.05 Å². The van der Waals surface area contributed by atoms with E-state index in [1.807, 2.05) is 54.2 Å². The van der Waals surface area contributed by atoms with E-state index in [1.54, 1.807) is 17.3 Å². The first-order valence-electron chi connectivity index (χ1n) is 12.6. The smallest absolute Gasteiger partial charge is 0.140 e. The van der Waals surface area contributed by atoms with E-state index in [0.717, 1.165) is 71.6 Å². The van der Waals surface area contributed by atoms with Crippen molar-refractivity contribution in [1.82, 2.24) is 39.7 Å². The van der Waals surface area contributed by atoms with Crippen LogP contribution in [0, 0.1) is 0 Å². The zero-order valence-electron chi connectivity index (χ0n) is 21.1. The van der Waals surface area contributed by atoms with Gasteiger partial charge in [-0.05, 0) is 24.6 Å². The summed E-state index contributed by atoms with van der Waals surface area (Å²) < 4.78 is 13.1. The minimum Gasteiger partial charge on any atom is -0.493 e. The Bertz CT molecular complexity index is 1510.